The van der Waals surface area contributed by atoms with E-state index in [0.717, 1.165) is 42.4 Å². The van der Waals surface area contributed by atoms with E-state index in [0.29, 0.717) is 18.9 Å². The van der Waals surface area contributed by atoms with Gasteiger partial charge in [-0.2, -0.15) is 5.10 Å². The second-order valence-corrected chi connectivity index (χ2v) is 9.35. The maximum Gasteiger partial charge on any atom is 0.277 e. The minimum absolute atomic E-state index is 0.0119. The average molecular weight is 496 g/mol. The highest BCUT2D eigenvalue weighted by atomic mass is 32.1. The number of alkyl halides is 2. The van der Waals surface area contributed by atoms with Crippen LogP contribution in [-0.2, 0) is 0 Å². The van der Waals surface area contributed by atoms with Crippen molar-refractivity contribution in [3.63, 3.8) is 0 Å². The zero-order chi connectivity index (χ0) is 24.0. The summed E-state index contributed by atoms with van der Waals surface area (Å²) in [4.78, 5) is 18.7. The number of nitrogens with zero attached hydrogens (tertiary/aromatic N) is 4. The molecule has 34 heavy (non-hydrogen) atoms. The average Bonchev–Trinajstić information content (AvgIpc) is 3.47. The Morgan fingerprint density at radius 3 is 2.85 bits per heavy atom. The van der Waals surface area contributed by atoms with Crippen molar-refractivity contribution in [2.75, 3.05) is 42.1 Å². The van der Waals surface area contributed by atoms with Gasteiger partial charge in [-0.25, -0.2) is 27.2 Å². The molecule has 2 fully saturated rings. The van der Waals surface area contributed by atoms with Gasteiger partial charge in [-0.05, 0) is 31.0 Å². The van der Waals surface area contributed by atoms with Gasteiger partial charge in [0.05, 0.1) is 25.3 Å². The van der Waals surface area contributed by atoms with Crippen LogP contribution < -0.4 is 21.3 Å². The number of halogens is 4. The van der Waals surface area contributed by atoms with Gasteiger partial charge in [0.1, 0.15) is 27.3 Å². The molecular formula is C21H21F4N7OS. The van der Waals surface area contributed by atoms with Crippen molar-refractivity contribution in [3.8, 4) is 10.6 Å². The minimum Gasteiger partial charge on any atom is -0.389 e. The summed E-state index contributed by atoms with van der Waals surface area (Å²) in [5.41, 5.74) is 5.93. The molecule has 0 unspecified atom stereocenters. The van der Waals surface area contributed by atoms with Gasteiger partial charge in [0, 0.05) is 18.7 Å². The van der Waals surface area contributed by atoms with E-state index in [1.54, 1.807) is 4.68 Å². The number of aromatic nitrogens is 3. The molecule has 3 aromatic rings. The van der Waals surface area contributed by atoms with Gasteiger partial charge >= 0.3 is 0 Å². The number of nitrogen functional groups attached to an aromatic ring is 1. The smallest absolute Gasteiger partial charge is 0.277 e. The number of anilines is 3. The molecular weight excluding hydrogens is 474 g/mol. The van der Waals surface area contributed by atoms with Crippen LogP contribution in [0.1, 0.15) is 29.4 Å². The fourth-order valence-corrected chi connectivity index (χ4v) is 4.73. The van der Waals surface area contributed by atoms with Crippen LogP contribution in [0.4, 0.5) is 34.1 Å². The lowest BCUT2D eigenvalue weighted by atomic mass is 10.2. The van der Waals surface area contributed by atoms with Crippen molar-refractivity contribution in [1.29, 1.82) is 0 Å². The summed E-state index contributed by atoms with van der Waals surface area (Å²) in [5, 5.41) is 9.79. The molecule has 180 valence electrons. The van der Waals surface area contributed by atoms with Gasteiger partial charge in [-0.3, -0.25) is 4.79 Å². The van der Waals surface area contributed by atoms with Crippen LogP contribution in [0.2, 0.25) is 0 Å². The molecule has 1 aliphatic heterocycles. The fraction of sp³-hybridized carbons (Fsp3) is 0.381. The number of hydrogen-bond acceptors (Lipinski definition) is 7. The number of thiazole rings is 1. The first-order valence-corrected chi connectivity index (χ1v) is 11.5. The van der Waals surface area contributed by atoms with Crippen molar-refractivity contribution in [3.05, 3.63) is 41.7 Å². The third kappa shape index (κ3) is 4.44. The molecule has 0 bridgehead atoms. The van der Waals surface area contributed by atoms with Crippen LogP contribution >= 0.6 is 11.3 Å². The Morgan fingerprint density at radius 1 is 1.29 bits per heavy atom. The highest BCUT2D eigenvalue weighted by molar-refractivity contribution is 7.19. The summed E-state index contributed by atoms with van der Waals surface area (Å²) in [6.07, 6.45) is 3.15. The molecule has 1 amide bonds. The SMILES string of the molecule is Nc1sc(-c2cc(F)ccc2F)nc1C(=O)Nc1cnn(C2CC2)c1N1CCNCC(F)(F)C1. The fourth-order valence-electron chi connectivity index (χ4n) is 3.88. The van der Waals surface area contributed by atoms with Crippen molar-refractivity contribution in [2.45, 2.75) is 24.8 Å². The number of carbonyl (C=O) groups is 1. The molecule has 1 saturated heterocycles. The molecule has 2 aromatic heterocycles. The number of nitrogens with two attached hydrogens (primary N) is 1. The standard InChI is InChI=1S/C21H21F4N7OS/c22-11-1-4-14(23)13(7-11)19-30-16(17(26)34-19)18(33)29-15-8-28-32(12-2-3-12)20(15)31-6-5-27-9-21(24,25)10-31/h1,4,7-8,12,27H,2-3,5-6,9-10,26H2,(H,29,33). The third-order valence-corrected chi connectivity index (χ3v) is 6.52. The summed E-state index contributed by atoms with van der Waals surface area (Å²) >= 11 is 0.845. The van der Waals surface area contributed by atoms with E-state index in [4.69, 9.17) is 5.73 Å². The molecule has 5 rings (SSSR count). The van der Waals surface area contributed by atoms with E-state index >= 15 is 0 Å². The highest BCUT2D eigenvalue weighted by Gasteiger charge is 2.38. The Hall–Kier alpha value is -3.19. The van der Waals surface area contributed by atoms with Crippen LogP contribution in [0.15, 0.2) is 24.4 Å². The van der Waals surface area contributed by atoms with Crippen molar-refractivity contribution < 1.29 is 22.4 Å². The van der Waals surface area contributed by atoms with Crippen molar-refractivity contribution in [1.82, 2.24) is 20.1 Å². The number of nitrogens with one attached hydrogen (secondary N) is 2. The van der Waals surface area contributed by atoms with E-state index in [9.17, 15) is 22.4 Å². The Morgan fingerprint density at radius 2 is 2.09 bits per heavy atom. The Balaban J connectivity index is 1.45. The van der Waals surface area contributed by atoms with E-state index in [1.165, 1.54) is 11.1 Å². The quantitative estimate of drug-likeness (QED) is 0.469. The van der Waals surface area contributed by atoms with E-state index in [2.05, 4.69) is 20.7 Å². The number of benzene rings is 1. The molecule has 3 heterocycles. The lowest BCUT2D eigenvalue weighted by molar-refractivity contribution is 0.0155. The monoisotopic (exact) mass is 495 g/mol. The zero-order valence-corrected chi connectivity index (χ0v) is 18.6. The summed E-state index contributed by atoms with van der Waals surface area (Å²) in [5.74, 6) is -4.62. The zero-order valence-electron chi connectivity index (χ0n) is 17.8. The van der Waals surface area contributed by atoms with Crippen LogP contribution in [0, 0.1) is 11.6 Å². The van der Waals surface area contributed by atoms with Gasteiger partial charge in [0.2, 0.25) is 0 Å². The second-order valence-electron chi connectivity index (χ2n) is 8.32. The minimum atomic E-state index is -2.96. The third-order valence-electron chi connectivity index (χ3n) is 5.60. The maximum absolute atomic E-state index is 14.3. The van der Waals surface area contributed by atoms with Gasteiger partial charge in [-0.1, -0.05) is 11.3 Å². The van der Waals surface area contributed by atoms with Crippen LogP contribution in [0.25, 0.3) is 10.6 Å². The number of amides is 1. The molecule has 1 saturated carbocycles. The Bertz CT molecular complexity index is 1240. The molecule has 0 atom stereocenters. The van der Waals surface area contributed by atoms with Gasteiger partial charge in [0.25, 0.3) is 11.8 Å². The normalized spacial score (nSPS) is 18.1. The largest absolute Gasteiger partial charge is 0.389 e. The molecule has 4 N–H and O–H groups in total. The van der Waals surface area contributed by atoms with E-state index < -0.39 is 36.6 Å². The first-order valence-electron chi connectivity index (χ1n) is 10.7. The predicted molar refractivity (Wildman–Crippen MR) is 120 cm³/mol. The van der Waals surface area contributed by atoms with Crippen LogP contribution in [0.3, 0.4) is 0 Å². The highest BCUT2D eigenvalue weighted by Crippen LogP contribution is 2.41. The van der Waals surface area contributed by atoms with Crippen LogP contribution in [0.5, 0.6) is 0 Å². The predicted octanol–water partition coefficient (Wildman–Crippen LogP) is 3.50. The Labute approximate surface area is 195 Å². The first-order chi connectivity index (χ1) is 16.2. The summed E-state index contributed by atoms with van der Waals surface area (Å²) in [6.45, 7) is -0.306. The summed E-state index contributed by atoms with van der Waals surface area (Å²) in [6, 6.07) is 2.99. The molecule has 1 aliphatic carbocycles. The van der Waals surface area contributed by atoms with Crippen molar-refractivity contribution >= 4 is 33.8 Å². The topological polar surface area (TPSA) is 101 Å². The van der Waals surface area contributed by atoms with Crippen molar-refractivity contribution in [2.24, 2.45) is 0 Å². The number of carbonyl (C=O) groups excluding carboxylic acids is 1. The Kier molecular flexibility index (Phi) is 5.68. The second kappa shape index (κ2) is 8.55. The molecule has 2 aliphatic rings. The first kappa shape index (κ1) is 22.6. The lowest BCUT2D eigenvalue weighted by Crippen LogP contribution is -2.39. The lowest BCUT2D eigenvalue weighted by Gasteiger charge is -2.27. The molecule has 13 heteroatoms. The number of rotatable bonds is 5. The molecule has 0 radical (unpaired) electrons. The molecule has 1 aromatic carbocycles. The molecule has 8 nitrogen and oxygen atoms in total. The summed E-state index contributed by atoms with van der Waals surface area (Å²) in [7, 11) is 0. The number of hydrogen-bond donors (Lipinski definition) is 3. The maximum atomic E-state index is 14.3. The summed E-state index contributed by atoms with van der Waals surface area (Å²) < 4.78 is 58.0. The van der Waals surface area contributed by atoms with E-state index in [-0.39, 0.29) is 33.0 Å². The van der Waals surface area contributed by atoms with Crippen LogP contribution in [-0.4, -0.2) is 52.8 Å². The van der Waals surface area contributed by atoms with Gasteiger partial charge in [-0.15, -0.1) is 0 Å². The molecule has 0 spiro atoms. The van der Waals surface area contributed by atoms with Gasteiger partial charge in [0.15, 0.2) is 11.5 Å². The van der Waals surface area contributed by atoms with E-state index in [1.807, 2.05) is 0 Å². The van der Waals surface area contributed by atoms with Gasteiger partial charge < -0.3 is 21.3 Å².